The van der Waals surface area contributed by atoms with E-state index in [-0.39, 0.29) is 12.2 Å². The molecule has 0 aromatic heterocycles. The summed E-state index contributed by atoms with van der Waals surface area (Å²) in [7, 11) is -4.28. The molecule has 0 unspecified atom stereocenters. The number of nitrogens with one attached hydrogen (secondary N) is 1. The maximum absolute atomic E-state index is 12.2. The molecule has 0 fully saturated rings. The van der Waals surface area contributed by atoms with E-state index in [1.165, 1.54) is 6.92 Å². The van der Waals surface area contributed by atoms with Crippen LogP contribution in [0.15, 0.2) is 23.1 Å². The van der Waals surface area contributed by atoms with Gasteiger partial charge in [0.2, 0.25) is 0 Å². The van der Waals surface area contributed by atoms with Crippen molar-refractivity contribution in [2.75, 3.05) is 12.4 Å². The Hall–Kier alpha value is -2.49. The maximum Gasteiger partial charge on any atom is 0.321 e. The first-order valence-electron chi connectivity index (χ1n) is 7.36. The topological polar surface area (TPSA) is 133 Å². The Labute approximate surface area is 145 Å². The summed E-state index contributed by atoms with van der Waals surface area (Å²) in [5.41, 5.74) is -1.40. The Morgan fingerprint density at radius 3 is 2.36 bits per heavy atom. The molecular weight excluding hydrogens is 352 g/mol. The molecule has 0 aliphatic rings. The predicted molar refractivity (Wildman–Crippen MR) is 89.0 cm³/mol. The number of hydrogen-bond acceptors (Lipinski definition) is 7. The van der Waals surface area contributed by atoms with Crippen LogP contribution in [0.2, 0.25) is 0 Å². The smallest absolute Gasteiger partial charge is 0.321 e. The van der Waals surface area contributed by atoms with Crippen LogP contribution in [0.25, 0.3) is 0 Å². The zero-order valence-corrected chi connectivity index (χ0v) is 15.2. The van der Waals surface area contributed by atoms with Crippen molar-refractivity contribution in [3.63, 3.8) is 0 Å². The van der Waals surface area contributed by atoms with Gasteiger partial charge in [-0.3, -0.25) is 19.7 Å². The molecule has 0 bridgehead atoms. The molecule has 138 valence electrons. The van der Waals surface area contributed by atoms with Crippen molar-refractivity contribution in [1.82, 2.24) is 5.32 Å². The first-order valence-corrected chi connectivity index (χ1v) is 9.02. The fourth-order valence-electron chi connectivity index (χ4n) is 1.91. The Morgan fingerprint density at radius 1 is 1.28 bits per heavy atom. The van der Waals surface area contributed by atoms with E-state index in [0.717, 1.165) is 18.2 Å². The second-order valence-corrected chi connectivity index (χ2v) is 8.17. The van der Waals surface area contributed by atoms with Gasteiger partial charge in [-0.25, -0.2) is 8.42 Å². The summed E-state index contributed by atoms with van der Waals surface area (Å²) in [6.45, 7) is 6.70. The molecule has 9 nitrogen and oxygen atoms in total. The second kappa shape index (κ2) is 7.60. The number of ether oxygens (including phenoxy) is 1. The van der Waals surface area contributed by atoms with Crippen LogP contribution in [0, 0.1) is 10.1 Å². The quantitative estimate of drug-likeness (QED) is 0.454. The van der Waals surface area contributed by atoms with Crippen LogP contribution in [0.4, 0.5) is 5.69 Å². The molecule has 0 atom stereocenters. The molecule has 1 aromatic rings. The summed E-state index contributed by atoms with van der Waals surface area (Å²) in [6, 6.07) is 2.98. The zero-order chi connectivity index (χ0) is 19.4. The van der Waals surface area contributed by atoms with Gasteiger partial charge >= 0.3 is 5.97 Å². The van der Waals surface area contributed by atoms with Gasteiger partial charge in [0, 0.05) is 17.2 Å². The van der Waals surface area contributed by atoms with Gasteiger partial charge in [0.25, 0.3) is 11.6 Å². The van der Waals surface area contributed by atoms with Crippen molar-refractivity contribution in [2.24, 2.45) is 0 Å². The number of nitrogens with zero attached hydrogens (tertiary/aromatic N) is 1. The summed E-state index contributed by atoms with van der Waals surface area (Å²) in [5, 5.41) is 13.9. The fraction of sp³-hybridized carbons (Fsp3) is 0.467. The Morgan fingerprint density at radius 2 is 1.88 bits per heavy atom. The van der Waals surface area contributed by atoms with Crippen LogP contribution >= 0.6 is 0 Å². The van der Waals surface area contributed by atoms with E-state index >= 15 is 0 Å². The molecular formula is C15H20N2O7S. The zero-order valence-electron chi connectivity index (χ0n) is 14.4. The average molecular weight is 372 g/mol. The third-order valence-corrected chi connectivity index (χ3v) is 4.49. The molecule has 1 rings (SSSR count). The van der Waals surface area contributed by atoms with Gasteiger partial charge < -0.3 is 10.1 Å². The van der Waals surface area contributed by atoms with Crippen LogP contribution in [0.1, 0.15) is 38.1 Å². The largest absolute Gasteiger partial charge is 0.465 e. The van der Waals surface area contributed by atoms with Crippen molar-refractivity contribution in [3.8, 4) is 0 Å². The lowest BCUT2D eigenvalue weighted by molar-refractivity contribution is -0.387. The minimum absolute atomic E-state index is 0.0115. The fourth-order valence-corrected chi connectivity index (χ4v) is 3.19. The number of nitro groups is 1. The molecule has 0 aliphatic heterocycles. The number of nitro benzene ring substituents is 1. The highest BCUT2D eigenvalue weighted by Crippen LogP contribution is 2.26. The predicted octanol–water partition coefficient (Wildman–Crippen LogP) is 1.46. The Bertz CT molecular complexity index is 795. The molecule has 1 aromatic carbocycles. The van der Waals surface area contributed by atoms with E-state index in [0.29, 0.717) is 0 Å². The summed E-state index contributed by atoms with van der Waals surface area (Å²) < 4.78 is 29.1. The van der Waals surface area contributed by atoms with Gasteiger partial charge in [-0.05, 0) is 39.8 Å². The maximum atomic E-state index is 12.2. The van der Waals surface area contributed by atoms with E-state index in [1.807, 2.05) is 0 Å². The highest BCUT2D eigenvalue weighted by atomic mass is 32.2. The van der Waals surface area contributed by atoms with Crippen LogP contribution < -0.4 is 5.32 Å². The number of carbonyl (C=O) groups excluding carboxylic acids is 2. The van der Waals surface area contributed by atoms with Gasteiger partial charge in [-0.1, -0.05) is 0 Å². The van der Waals surface area contributed by atoms with Gasteiger partial charge in [0.1, 0.15) is 4.90 Å². The average Bonchev–Trinajstić information content (AvgIpc) is 2.44. The van der Waals surface area contributed by atoms with Gasteiger partial charge in [0.15, 0.2) is 15.6 Å². The highest BCUT2D eigenvalue weighted by Gasteiger charge is 2.30. The van der Waals surface area contributed by atoms with Crippen molar-refractivity contribution in [2.45, 2.75) is 38.1 Å². The van der Waals surface area contributed by atoms with E-state index in [2.05, 4.69) is 10.1 Å². The molecule has 1 amide bonds. The van der Waals surface area contributed by atoms with Crippen molar-refractivity contribution >= 4 is 27.4 Å². The molecule has 25 heavy (non-hydrogen) atoms. The molecule has 0 radical (unpaired) electrons. The lowest BCUT2D eigenvalue weighted by Crippen LogP contribution is -2.40. The SMILES string of the molecule is CCOC(=O)CS(=O)(=O)c1ccc(C(=O)NC(C)(C)C)cc1[N+](=O)[O-]. The molecule has 10 heteroatoms. The third-order valence-electron chi connectivity index (χ3n) is 2.85. The monoisotopic (exact) mass is 372 g/mol. The van der Waals surface area contributed by atoms with Crippen molar-refractivity contribution < 1.29 is 27.7 Å². The standard InChI is InChI=1S/C15H20N2O7S/c1-5-24-13(18)9-25(22,23)12-7-6-10(8-11(12)17(20)21)14(19)16-15(2,3)4/h6-8H,5,9H2,1-4H3,(H,16,19). The van der Waals surface area contributed by atoms with Crippen LogP contribution in [0.3, 0.4) is 0 Å². The van der Waals surface area contributed by atoms with Crippen LogP contribution in [-0.2, 0) is 19.4 Å². The van der Waals surface area contributed by atoms with Crippen LogP contribution in [-0.4, -0.2) is 43.1 Å². The normalized spacial score (nSPS) is 11.7. The number of hydrogen-bond donors (Lipinski definition) is 1. The lowest BCUT2D eigenvalue weighted by Gasteiger charge is -2.20. The number of benzene rings is 1. The molecule has 0 spiro atoms. The van der Waals surface area contributed by atoms with Gasteiger partial charge in [-0.15, -0.1) is 0 Å². The molecule has 0 saturated heterocycles. The second-order valence-electron chi connectivity index (χ2n) is 6.21. The number of rotatable bonds is 6. The van der Waals surface area contributed by atoms with E-state index in [1.54, 1.807) is 20.8 Å². The highest BCUT2D eigenvalue weighted by molar-refractivity contribution is 7.92. The summed E-state index contributed by atoms with van der Waals surface area (Å²) >= 11 is 0. The van der Waals surface area contributed by atoms with Crippen LogP contribution in [0.5, 0.6) is 0 Å². The first-order chi connectivity index (χ1) is 11.4. The van der Waals surface area contributed by atoms with Gasteiger partial charge in [0.05, 0.1) is 11.5 Å². The first kappa shape index (κ1) is 20.6. The third kappa shape index (κ3) is 5.82. The van der Waals surface area contributed by atoms with E-state index in [4.69, 9.17) is 0 Å². The molecule has 1 N–H and O–H groups in total. The molecule has 0 saturated carbocycles. The number of carbonyl (C=O) groups is 2. The van der Waals surface area contributed by atoms with Gasteiger partial charge in [-0.2, -0.15) is 0 Å². The number of sulfone groups is 1. The minimum Gasteiger partial charge on any atom is -0.465 e. The lowest BCUT2D eigenvalue weighted by atomic mass is 10.1. The Balaban J connectivity index is 3.29. The summed E-state index contributed by atoms with van der Waals surface area (Å²) in [4.78, 5) is 33.2. The van der Waals surface area contributed by atoms with Crippen molar-refractivity contribution in [1.29, 1.82) is 0 Å². The Kier molecular flexibility index (Phi) is 6.25. The van der Waals surface area contributed by atoms with E-state index in [9.17, 15) is 28.1 Å². The number of esters is 1. The summed E-state index contributed by atoms with van der Waals surface area (Å²) in [5.74, 6) is -2.61. The molecule has 0 heterocycles. The summed E-state index contributed by atoms with van der Waals surface area (Å²) in [6.07, 6.45) is 0. The molecule has 0 aliphatic carbocycles. The van der Waals surface area contributed by atoms with Crippen molar-refractivity contribution in [3.05, 3.63) is 33.9 Å². The minimum atomic E-state index is -4.28. The van der Waals surface area contributed by atoms with E-state index < -0.39 is 48.5 Å². The number of amides is 1.